The second-order valence-electron chi connectivity index (χ2n) is 4.78. The molecule has 0 spiro atoms. The number of anilines is 1. The second kappa shape index (κ2) is 6.24. The lowest BCUT2D eigenvalue weighted by molar-refractivity contribution is 0.601. The summed E-state index contributed by atoms with van der Waals surface area (Å²) >= 11 is 0. The summed E-state index contributed by atoms with van der Waals surface area (Å²) in [7, 11) is -3.64. The Morgan fingerprint density at radius 3 is 2.62 bits per heavy atom. The molecule has 0 saturated carbocycles. The smallest absolute Gasteiger partial charge is 0.261 e. The number of rotatable bonds is 5. The molecule has 0 amide bonds. The Hall–Kier alpha value is -1.92. The Morgan fingerprint density at radius 2 is 2.00 bits per heavy atom. The van der Waals surface area contributed by atoms with Gasteiger partial charge in [-0.3, -0.25) is 9.71 Å². The van der Waals surface area contributed by atoms with Gasteiger partial charge >= 0.3 is 0 Å². The predicted molar refractivity (Wildman–Crippen MR) is 83.5 cm³/mol. The number of hydrogen-bond donors (Lipinski definition) is 2. The Bertz CT molecular complexity index is 742. The van der Waals surface area contributed by atoms with Crippen LogP contribution >= 0.6 is 0 Å². The van der Waals surface area contributed by atoms with E-state index in [-0.39, 0.29) is 4.90 Å². The molecular weight excluding hydrogens is 286 g/mol. The number of aromatic nitrogens is 1. The molecule has 1 aromatic carbocycles. The van der Waals surface area contributed by atoms with Crippen LogP contribution in [0.1, 0.15) is 23.6 Å². The van der Waals surface area contributed by atoms with Gasteiger partial charge in [-0.15, -0.1) is 0 Å². The molecule has 5 nitrogen and oxygen atoms in total. The fourth-order valence-corrected chi connectivity index (χ4v) is 3.24. The van der Waals surface area contributed by atoms with Gasteiger partial charge in [0.25, 0.3) is 10.0 Å². The zero-order valence-electron chi connectivity index (χ0n) is 12.1. The van der Waals surface area contributed by atoms with E-state index < -0.39 is 10.0 Å². The Kier molecular flexibility index (Phi) is 4.59. The van der Waals surface area contributed by atoms with Crippen LogP contribution < -0.4 is 10.5 Å². The van der Waals surface area contributed by atoms with Crippen LogP contribution in [0.5, 0.6) is 0 Å². The molecule has 0 aliphatic rings. The number of nitrogens with one attached hydrogen (secondary N) is 1. The summed E-state index contributed by atoms with van der Waals surface area (Å²) in [4.78, 5) is 4.15. The third kappa shape index (κ3) is 3.40. The van der Waals surface area contributed by atoms with E-state index >= 15 is 0 Å². The third-order valence-corrected chi connectivity index (χ3v) is 4.74. The quantitative estimate of drug-likeness (QED) is 0.887. The molecule has 0 saturated heterocycles. The maximum Gasteiger partial charge on any atom is 0.261 e. The fourth-order valence-electron chi connectivity index (χ4n) is 2.08. The standard InChI is InChI=1S/C15H19N3O2S/c1-3-12-4-5-14(8-13(12)9-16)21(19,20)18-15-10-17-7-6-11(15)2/h4-8,10,18H,3,9,16H2,1-2H3. The maximum atomic E-state index is 12.4. The molecule has 3 N–H and O–H groups in total. The highest BCUT2D eigenvalue weighted by Gasteiger charge is 2.16. The van der Waals surface area contributed by atoms with Crippen LogP contribution in [0.25, 0.3) is 0 Å². The minimum atomic E-state index is -3.64. The lowest BCUT2D eigenvalue weighted by atomic mass is 10.1. The number of hydrogen-bond acceptors (Lipinski definition) is 4. The van der Waals surface area contributed by atoms with Crippen molar-refractivity contribution in [2.75, 3.05) is 4.72 Å². The number of aryl methyl sites for hydroxylation is 2. The summed E-state index contributed by atoms with van der Waals surface area (Å²) < 4.78 is 27.4. The molecule has 1 aromatic heterocycles. The molecule has 0 atom stereocenters. The van der Waals surface area contributed by atoms with Gasteiger partial charge in [-0.05, 0) is 48.2 Å². The monoisotopic (exact) mass is 305 g/mol. The van der Waals surface area contributed by atoms with Crippen molar-refractivity contribution < 1.29 is 8.42 Å². The SMILES string of the molecule is CCc1ccc(S(=O)(=O)Nc2cnccc2C)cc1CN. The van der Waals surface area contributed by atoms with Crippen LogP contribution in [-0.2, 0) is 23.0 Å². The van der Waals surface area contributed by atoms with Crippen molar-refractivity contribution >= 4 is 15.7 Å². The summed E-state index contributed by atoms with van der Waals surface area (Å²) in [6.45, 7) is 4.16. The minimum Gasteiger partial charge on any atom is -0.326 e. The van der Waals surface area contributed by atoms with Gasteiger partial charge < -0.3 is 5.73 Å². The van der Waals surface area contributed by atoms with Crippen molar-refractivity contribution in [3.63, 3.8) is 0 Å². The maximum absolute atomic E-state index is 12.4. The van der Waals surface area contributed by atoms with Crippen molar-refractivity contribution in [2.24, 2.45) is 5.73 Å². The van der Waals surface area contributed by atoms with E-state index in [9.17, 15) is 8.42 Å². The van der Waals surface area contributed by atoms with Crippen LogP contribution in [-0.4, -0.2) is 13.4 Å². The van der Waals surface area contributed by atoms with E-state index in [0.717, 1.165) is 23.1 Å². The Morgan fingerprint density at radius 1 is 1.24 bits per heavy atom. The predicted octanol–water partition coefficient (Wildman–Crippen LogP) is 2.21. The third-order valence-electron chi connectivity index (χ3n) is 3.37. The second-order valence-corrected chi connectivity index (χ2v) is 6.47. The summed E-state index contributed by atoms with van der Waals surface area (Å²) in [6.07, 6.45) is 3.94. The van der Waals surface area contributed by atoms with Gasteiger partial charge in [-0.1, -0.05) is 13.0 Å². The highest BCUT2D eigenvalue weighted by atomic mass is 32.2. The summed E-state index contributed by atoms with van der Waals surface area (Å²) in [6, 6.07) is 6.80. The first-order valence-corrected chi connectivity index (χ1v) is 8.21. The molecular formula is C15H19N3O2S. The normalized spacial score (nSPS) is 11.4. The van der Waals surface area contributed by atoms with E-state index in [1.54, 1.807) is 24.4 Å². The van der Waals surface area contributed by atoms with Gasteiger partial charge in [-0.25, -0.2) is 8.42 Å². The first kappa shape index (κ1) is 15.5. The van der Waals surface area contributed by atoms with E-state index in [1.807, 2.05) is 19.9 Å². The molecule has 21 heavy (non-hydrogen) atoms. The Balaban J connectivity index is 2.38. The molecule has 0 aliphatic heterocycles. The minimum absolute atomic E-state index is 0.211. The zero-order chi connectivity index (χ0) is 15.5. The van der Waals surface area contributed by atoms with E-state index in [0.29, 0.717) is 12.2 Å². The molecule has 0 unspecified atom stereocenters. The number of benzene rings is 1. The Labute approximate surface area is 125 Å². The van der Waals surface area contributed by atoms with Gasteiger partial charge in [0.05, 0.1) is 16.8 Å². The van der Waals surface area contributed by atoms with Crippen LogP contribution in [0.2, 0.25) is 0 Å². The molecule has 0 aliphatic carbocycles. The largest absolute Gasteiger partial charge is 0.326 e. The van der Waals surface area contributed by atoms with Crippen molar-refractivity contribution in [3.8, 4) is 0 Å². The molecule has 0 fully saturated rings. The molecule has 0 bridgehead atoms. The average molecular weight is 305 g/mol. The lowest BCUT2D eigenvalue weighted by Gasteiger charge is -2.12. The number of nitrogens with two attached hydrogens (primary N) is 1. The van der Waals surface area contributed by atoms with Crippen molar-refractivity contribution in [2.45, 2.75) is 31.7 Å². The van der Waals surface area contributed by atoms with E-state index in [2.05, 4.69) is 9.71 Å². The zero-order valence-corrected chi connectivity index (χ0v) is 12.9. The number of sulfonamides is 1. The lowest BCUT2D eigenvalue weighted by Crippen LogP contribution is -2.15. The molecule has 2 aromatic rings. The van der Waals surface area contributed by atoms with Crippen LogP contribution in [0, 0.1) is 6.92 Å². The van der Waals surface area contributed by atoms with E-state index in [4.69, 9.17) is 5.73 Å². The van der Waals surface area contributed by atoms with Crippen molar-refractivity contribution in [1.29, 1.82) is 0 Å². The van der Waals surface area contributed by atoms with Gasteiger partial charge in [0.15, 0.2) is 0 Å². The summed E-state index contributed by atoms with van der Waals surface area (Å²) in [5, 5.41) is 0. The number of pyridine rings is 1. The summed E-state index contributed by atoms with van der Waals surface area (Å²) in [5.41, 5.74) is 8.90. The highest BCUT2D eigenvalue weighted by molar-refractivity contribution is 7.92. The highest BCUT2D eigenvalue weighted by Crippen LogP contribution is 2.21. The first-order chi connectivity index (χ1) is 9.97. The van der Waals surface area contributed by atoms with Crippen LogP contribution in [0.4, 0.5) is 5.69 Å². The van der Waals surface area contributed by atoms with Crippen molar-refractivity contribution in [3.05, 3.63) is 53.3 Å². The van der Waals surface area contributed by atoms with Gasteiger partial charge in [0.2, 0.25) is 0 Å². The topological polar surface area (TPSA) is 85.1 Å². The van der Waals surface area contributed by atoms with Crippen molar-refractivity contribution in [1.82, 2.24) is 4.98 Å². The molecule has 1 heterocycles. The first-order valence-electron chi connectivity index (χ1n) is 6.73. The summed E-state index contributed by atoms with van der Waals surface area (Å²) in [5.74, 6) is 0. The van der Waals surface area contributed by atoms with Crippen LogP contribution in [0.15, 0.2) is 41.6 Å². The molecule has 112 valence electrons. The molecule has 0 radical (unpaired) electrons. The van der Waals surface area contributed by atoms with Gasteiger partial charge in [-0.2, -0.15) is 0 Å². The van der Waals surface area contributed by atoms with E-state index in [1.165, 1.54) is 6.20 Å². The van der Waals surface area contributed by atoms with Crippen LogP contribution in [0.3, 0.4) is 0 Å². The van der Waals surface area contributed by atoms with Gasteiger partial charge in [0, 0.05) is 12.7 Å². The molecule has 2 rings (SSSR count). The number of nitrogens with zero attached hydrogens (tertiary/aromatic N) is 1. The fraction of sp³-hybridized carbons (Fsp3) is 0.267. The van der Waals surface area contributed by atoms with Gasteiger partial charge in [0.1, 0.15) is 0 Å². The molecule has 6 heteroatoms. The average Bonchev–Trinajstić information content (AvgIpc) is 2.48.